The molecule has 0 radical (unpaired) electrons. The fourth-order valence-corrected chi connectivity index (χ4v) is 3.89. The van der Waals surface area contributed by atoms with E-state index in [1.165, 1.54) is 11.3 Å². The second-order valence-electron chi connectivity index (χ2n) is 7.05. The van der Waals surface area contributed by atoms with E-state index in [0.717, 1.165) is 44.8 Å². The molecule has 0 saturated heterocycles. The van der Waals surface area contributed by atoms with E-state index in [4.69, 9.17) is 9.47 Å². The van der Waals surface area contributed by atoms with Gasteiger partial charge >= 0.3 is 0 Å². The number of methoxy groups -OCH3 is 2. The highest BCUT2D eigenvalue weighted by Crippen LogP contribution is 2.29. The summed E-state index contributed by atoms with van der Waals surface area (Å²) in [6, 6.07) is 22.9. The highest BCUT2D eigenvalue weighted by Gasteiger charge is 2.09. The molecule has 0 spiro atoms. The first-order valence-corrected chi connectivity index (χ1v) is 10.9. The van der Waals surface area contributed by atoms with Crippen molar-refractivity contribution in [2.24, 2.45) is 0 Å². The van der Waals surface area contributed by atoms with Crippen molar-refractivity contribution in [1.82, 2.24) is 4.98 Å². The van der Waals surface area contributed by atoms with Crippen LogP contribution in [0.2, 0.25) is 0 Å². The van der Waals surface area contributed by atoms with Gasteiger partial charge < -0.3 is 20.1 Å². The number of hydrogen-bond donors (Lipinski definition) is 2. The highest BCUT2D eigenvalue weighted by atomic mass is 32.1. The molecule has 1 heterocycles. The van der Waals surface area contributed by atoms with Gasteiger partial charge in [-0.25, -0.2) is 4.98 Å². The number of benzene rings is 3. The van der Waals surface area contributed by atoms with E-state index in [1.54, 1.807) is 14.2 Å². The van der Waals surface area contributed by atoms with Crippen molar-refractivity contribution in [3.05, 3.63) is 83.7 Å². The lowest BCUT2D eigenvalue weighted by molar-refractivity contribution is -0.115. The third-order valence-corrected chi connectivity index (χ3v) is 5.57. The molecule has 0 aliphatic carbocycles. The lowest BCUT2D eigenvalue weighted by atomic mass is 10.1. The number of hydrogen-bond acceptors (Lipinski definition) is 6. The lowest BCUT2D eigenvalue weighted by Gasteiger charge is -2.07. The molecule has 162 valence electrons. The molecule has 0 aliphatic heterocycles. The smallest absolute Gasteiger partial charge is 0.228 e. The van der Waals surface area contributed by atoms with Crippen LogP contribution in [0.25, 0.3) is 11.3 Å². The van der Waals surface area contributed by atoms with Crippen molar-refractivity contribution in [2.45, 2.75) is 6.42 Å². The first kappa shape index (κ1) is 21.4. The Kier molecular flexibility index (Phi) is 6.67. The van der Waals surface area contributed by atoms with E-state index in [2.05, 4.69) is 15.6 Å². The Labute approximate surface area is 190 Å². The summed E-state index contributed by atoms with van der Waals surface area (Å²) < 4.78 is 10.3. The minimum Gasteiger partial charge on any atom is -0.497 e. The van der Waals surface area contributed by atoms with Crippen molar-refractivity contribution in [3.63, 3.8) is 0 Å². The summed E-state index contributed by atoms with van der Waals surface area (Å²) in [5, 5.41) is 9.05. The topological polar surface area (TPSA) is 72.5 Å². The number of carbonyl (C=O) groups is 1. The number of nitrogens with zero attached hydrogens (tertiary/aromatic N) is 1. The van der Waals surface area contributed by atoms with Crippen LogP contribution in [-0.2, 0) is 11.2 Å². The Bertz CT molecular complexity index is 1190. The third kappa shape index (κ3) is 5.44. The van der Waals surface area contributed by atoms with Crippen LogP contribution in [0.15, 0.2) is 78.2 Å². The molecule has 0 saturated carbocycles. The highest BCUT2D eigenvalue weighted by molar-refractivity contribution is 7.14. The standard InChI is InChI=1S/C25H23N3O3S/c1-30-21-10-6-17(7-11-21)14-24(29)26-20-5-3-4-18(15-20)23-16-32-25(28-23)27-19-8-12-22(31-2)13-9-19/h3-13,15-16H,14H2,1-2H3,(H,26,29)(H,27,28). The Morgan fingerprint density at radius 2 is 1.59 bits per heavy atom. The molecule has 1 amide bonds. The molecular formula is C25H23N3O3S. The number of anilines is 3. The average Bonchev–Trinajstić information content (AvgIpc) is 3.29. The van der Waals surface area contributed by atoms with Crippen LogP contribution in [0.4, 0.5) is 16.5 Å². The minimum atomic E-state index is -0.0764. The largest absolute Gasteiger partial charge is 0.497 e. The van der Waals surface area contributed by atoms with Crippen LogP contribution in [0.1, 0.15) is 5.56 Å². The van der Waals surface area contributed by atoms with Crippen molar-refractivity contribution >= 4 is 33.8 Å². The summed E-state index contributed by atoms with van der Waals surface area (Å²) in [4.78, 5) is 17.1. The monoisotopic (exact) mass is 445 g/mol. The molecule has 1 aromatic heterocycles. The number of carbonyl (C=O) groups excluding carboxylic acids is 1. The van der Waals surface area contributed by atoms with Gasteiger partial charge in [0.05, 0.1) is 26.3 Å². The van der Waals surface area contributed by atoms with Crippen molar-refractivity contribution in [2.75, 3.05) is 24.9 Å². The van der Waals surface area contributed by atoms with Gasteiger partial charge in [0.1, 0.15) is 11.5 Å². The summed E-state index contributed by atoms with van der Waals surface area (Å²) in [5.41, 5.74) is 4.38. The number of ether oxygens (including phenoxy) is 2. The zero-order valence-electron chi connectivity index (χ0n) is 17.8. The zero-order chi connectivity index (χ0) is 22.3. The van der Waals surface area contributed by atoms with Crippen molar-refractivity contribution in [1.29, 1.82) is 0 Å². The van der Waals surface area contributed by atoms with Gasteiger partial charge in [-0.1, -0.05) is 24.3 Å². The van der Waals surface area contributed by atoms with E-state index >= 15 is 0 Å². The number of nitrogens with one attached hydrogen (secondary N) is 2. The second-order valence-corrected chi connectivity index (χ2v) is 7.90. The number of rotatable bonds is 8. The summed E-state index contributed by atoms with van der Waals surface area (Å²) in [7, 11) is 3.26. The van der Waals surface area contributed by atoms with Crippen LogP contribution in [0, 0.1) is 0 Å². The van der Waals surface area contributed by atoms with E-state index in [1.807, 2.05) is 78.2 Å². The minimum absolute atomic E-state index is 0.0764. The van der Waals surface area contributed by atoms with Crippen LogP contribution in [0.5, 0.6) is 11.5 Å². The van der Waals surface area contributed by atoms with E-state index < -0.39 is 0 Å². The van der Waals surface area contributed by atoms with Crippen LogP contribution in [-0.4, -0.2) is 25.1 Å². The Morgan fingerprint density at radius 1 is 0.906 bits per heavy atom. The van der Waals surface area contributed by atoms with Crippen LogP contribution >= 0.6 is 11.3 Å². The predicted molar refractivity (Wildman–Crippen MR) is 129 cm³/mol. The third-order valence-electron chi connectivity index (χ3n) is 4.81. The molecule has 4 rings (SSSR count). The first-order chi connectivity index (χ1) is 15.6. The SMILES string of the molecule is COc1ccc(CC(=O)Nc2cccc(-c3csc(Nc4ccc(OC)cc4)n3)c2)cc1. The molecule has 0 aliphatic rings. The maximum Gasteiger partial charge on any atom is 0.228 e. The van der Waals surface area contributed by atoms with E-state index in [9.17, 15) is 4.79 Å². The molecule has 7 heteroatoms. The number of aromatic nitrogens is 1. The number of amides is 1. The zero-order valence-corrected chi connectivity index (χ0v) is 18.6. The number of thiazole rings is 1. The molecule has 0 unspecified atom stereocenters. The Morgan fingerprint density at radius 3 is 2.28 bits per heavy atom. The molecular weight excluding hydrogens is 422 g/mol. The normalized spacial score (nSPS) is 10.4. The maximum absolute atomic E-state index is 12.5. The molecule has 6 nitrogen and oxygen atoms in total. The van der Waals surface area contributed by atoms with Gasteiger partial charge in [-0.3, -0.25) is 4.79 Å². The van der Waals surface area contributed by atoms with Gasteiger partial charge in [-0.15, -0.1) is 11.3 Å². The fourth-order valence-electron chi connectivity index (χ4n) is 3.15. The maximum atomic E-state index is 12.5. The Balaban J connectivity index is 1.40. The second kappa shape index (κ2) is 9.98. The van der Waals surface area contributed by atoms with E-state index in [0.29, 0.717) is 6.42 Å². The molecule has 3 aromatic carbocycles. The Hall–Kier alpha value is -3.84. The quantitative estimate of drug-likeness (QED) is 0.361. The molecule has 0 bridgehead atoms. The van der Waals surface area contributed by atoms with Gasteiger partial charge in [0, 0.05) is 22.3 Å². The van der Waals surface area contributed by atoms with Gasteiger partial charge in [0.2, 0.25) is 5.91 Å². The van der Waals surface area contributed by atoms with Crippen LogP contribution < -0.4 is 20.1 Å². The lowest BCUT2D eigenvalue weighted by Crippen LogP contribution is -2.14. The molecule has 0 fully saturated rings. The van der Waals surface area contributed by atoms with Crippen LogP contribution in [0.3, 0.4) is 0 Å². The van der Waals surface area contributed by atoms with Crippen molar-refractivity contribution in [3.8, 4) is 22.8 Å². The van der Waals surface area contributed by atoms with Gasteiger partial charge in [0.15, 0.2) is 5.13 Å². The average molecular weight is 446 g/mol. The van der Waals surface area contributed by atoms with E-state index in [-0.39, 0.29) is 5.91 Å². The van der Waals surface area contributed by atoms with Crippen molar-refractivity contribution < 1.29 is 14.3 Å². The molecule has 4 aromatic rings. The first-order valence-electron chi connectivity index (χ1n) is 10.0. The molecule has 32 heavy (non-hydrogen) atoms. The summed E-state index contributed by atoms with van der Waals surface area (Å²) in [5.74, 6) is 1.50. The van der Waals surface area contributed by atoms with Gasteiger partial charge in [-0.05, 0) is 54.1 Å². The predicted octanol–water partition coefficient (Wildman–Crippen LogP) is 5.75. The molecule has 0 atom stereocenters. The fraction of sp³-hybridized carbons (Fsp3) is 0.120. The summed E-state index contributed by atoms with van der Waals surface area (Å²) in [6.07, 6.45) is 0.293. The summed E-state index contributed by atoms with van der Waals surface area (Å²) >= 11 is 1.52. The van der Waals surface area contributed by atoms with Gasteiger partial charge in [0.25, 0.3) is 0 Å². The van der Waals surface area contributed by atoms with Gasteiger partial charge in [-0.2, -0.15) is 0 Å². The molecule has 2 N–H and O–H groups in total. The summed E-state index contributed by atoms with van der Waals surface area (Å²) in [6.45, 7) is 0.